The van der Waals surface area contributed by atoms with Crippen LogP contribution in [0.3, 0.4) is 0 Å². The molecule has 0 radical (unpaired) electrons. The van der Waals surface area contributed by atoms with Crippen molar-refractivity contribution in [3.63, 3.8) is 0 Å². The molecule has 0 atom stereocenters. The van der Waals surface area contributed by atoms with Crippen LogP contribution in [0.5, 0.6) is 0 Å². The SMILES string of the molecule is C=CCCCN(C)C(=NC)NCCNc1ncnc2c1cnn2C.I. The second-order valence-electron chi connectivity index (χ2n) is 5.48. The summed E-state index contributed by atoms with van der Waals surface area (Å²) in [5, 5.41) is 11.8. The molecule has 0 aliphatic carbocycles. The van der Waals surface area contributed by atoms with Gasteiger partial charge in [-0.05, 0) is 12.8 Å². The molecule has 8 nitrogen and oxygen atoms in total. The van der Waals surface area contributed by atoms with Gasteiger partial charge in [0, 0.05) is 40.8 Å². The highest BCUT2D eigenvalue weighted by molar-refractivity contribution is 14.0. The van der Waals surface area contributed by atoms with Crippen LogP contribution in [0.1, 0.15) is 12.8 Å². The molecule has 0 saturated heterocycles. The number of allylic oxidation sites excluding steroid dienone is 1. The number of aliphatic imine (C=N–C) groups is 1. The molecule has 0 saturated carbocycles. The standard InChI is InChI=1S/C16H26N8.HI/c1-5-6-7-10-23(3)16(17-2)19-9-8-18-14-13-11-22-24(4)15(13)21-12-20-14;/h5,11-12H,1,6-10H2,2-4H3,(H,17,19)(H,18,20,21);1H. The summed E-state index contributed by atoms with van der Waals surface area (Å²) in [7, 11) is 5.70. The molecule has 0 fully saturated rings. The van der Waals surface area contributed by atoms with Gasteiger partial charge in [0.05, 0.1) is 11.6 Å². The molecule has 0 aliphatic rings. The van der Waals surface area contributed by atoms with Crippen LogP contribution in [-0.2, 0) is 7.05 Å². The van der Waals surface area contributed by atoms with E-state index >= 15 is 0 Å². The summed E-state index contributed by atoms with van der Waals surface area (Å²) in [6, 6.07) is 0. The molecule has 2 rings (SSSR count). The van der Waals surface area contributed by atoms with E-state index in [9.17, 15) is 0 Å². The van der Waals surface area contributed by atoms with Gasteiger partial charge in [-0.2, -0.15) is 5.10 Å². The number of aromatic nitrogens is 4. The lowest BCUT2D eigenvalue weighted by Crippen LogP contribution is -2.41. The second-order valence-corrected chi connectivity index (χ2v) is 5.48. The average molecular weight is 458 g/mol. The minimum absolute atomic E-state index is 0. The van der Waals surface area contributed by atoms with E-state index in [-0.39, 0.29) is 24.0 Å². The van der Waals surface area contributed by atoms with Crippen molar-refractivity contribution in [3.8, 4) is 0 Å². The number of halogens is 1. The highest BCUT2D eigenvalue weighted by Crippen LogP contribution is 2.16. The van der Waals surface area contributed by atoms with Gasteiger partial charge in [0.1, 0.15) is 12.1 Å². The molecule has 0 unspecified atom stereocenters. The molecular weight excluding hydrogens is 431 g/mol. The maximum absolute atomic E-state index is 4.30. The molecule has 0 aromatic carbocycles. The predicted octanol–water partition coefficient (Wildman–Crippen LogP) is 1.87. The van der Waals surface area contributed by atoms with E-state index in [1.165, 1.54) is 0 Å². The van der Waals surface area contributed by atoms with E-state index in [0.717, 1.165) is 55.3 Å². The fourth-order valence-corrected chi connectivity index (χ4v) is 2.42. The van der Waals surface area contributed by atoms with Crippen LogP contribution < -0.4 is 10.6 Å². The molecule has 2 heterocycles. The van der Waals surface area contributed by atoms with E-state index in [2.05, 4.69) is 42.2 Å². The van der Waals surface area contributed by atoms with E-state index in [1.807, 2.05) is 20.2 Å². The van der Waals surface area contributed by atoms with Gasteiger partial charge in [-0.1, -0.05) is 6.08 Å². The summed E-state index contributed by atoms with van der Waals surface area (Å²) < 4.78 is 1.74. The molecule has 25 heavy (non-hydrogen) atoms. The Morgan fingerprint density at radius 3 is 2.92 bits per heavy atom. The number of hydrogen-bond donors (Lipinski definition) is 2. The Labute approximate surface area is 165 Å². The van der Waals surface area contributed by atoms with Crippen LogP contribution in [0.2, 0.25) is 0 Å². The van der Waals surface area contributed by atoms with Gasteiger partial charge in [-0.3, -0.25) is 9.67 Å². The quantitative estimate of drug-likeness (QED) is 0.207. The number of nitrogens with zero attached hydrogens (tertiary/aromatic N) is 6. The Kier molecular flexibility index (Phi) is 9.17. The van der Waals surface area contributed by atoms with Gasteiger partial charge in [0.25, 0.3) is 0 Å². The summed E-state index contributed by atoms with van der Waals surface area (Å²) in [5.41, 5.74) is 0.818. The molecular formula is C16H27IN8. The summed E-state index contributed by atoms with van der Waals surface area (Å²) in [4.78, 5) is 14.9. The third-order valence-corrected chi connectivity index (χ3v) is 3.71. The van der Waals surface area contributed by atoms with Gasteiger partial charge in [0.2, 0.25) is 0 Å². The normalized spacial score (nSPS) is 11.1. The second kappa shape index (κ2) is 10.9. The van der Waals surface area contributed by atoms with Crippen molar-refractivity contribution in [3.05, 3.63) is 25.2 Å². The Morgan fingerprint density at radius 1 is 1.40 bits per heavy atom. The van der Waals surface area contributed by atoms with Crippen molar-refractivity contribution in [2.75, 3.05) is 39.0 Å². The van der Waals surface area contributed by atoms with Crippen LogP contribution in [0, 0.1) is 0 Å². The van der Waals surface area contributed by atoms with E-state index in [1.54, 1.807) is 24.3 Å². The zero-order chi connectivity index (χ0) is 17.4. The number of rotatable bonds is 8. The Balaban J connectivity index is 0.00000312. The molecule has 138 valence electrons. The van der Waals surface area contributed by atoms with E-state index in [0.29, 0.717) is 0 Å². The van der Waals surface area contributed by atoms with Crippen molar-refractivity contribution >= 4 is 46.8 Å². The van der Waals surface area contributed by atoms with Crippen molar-refractivity contribution in [2.45, 2.75) is 12.8 Å². The highest BCUT2D eigenvalue weighted by Gasteiger charge is 2.08. The first-order chi connectivity index (χ1) is 11.7. The van der Waals surface area contributed by atoms with Gasteiger partial charge in [-0.25, -0.2) is 9.97 Å². The highest BCUT2D eigenvalue weighted by atomic mass is 127. The Hall–Kier alpha value is -1.91. The molecule has 0 aliphatic heterocycles. The first-order valence-corrected chi connectivity index (χ1v) is 8.06. The largest absolute Gasteiger partial charge is 0.368 e. The van der Waals surface area contributed by atoms with E-state index < -0.39 is 0 Å². The molecule has 2 N–H and O–H groups in total. The van der Waals surface area contributed by atoms with Gasteiger partial charge in [0.15, 0.2) is 11.6 Å². The fourth-order valence-electron chi connectivity index (χ4n) is 2.42. The number of anilines is 1. The smallest absolute Gasteiger partial charge is 0.193 e. The molecule has 2 aromatic rings. The number of guanidine groups is 1. The molecule has 0 amide bonds. The average Bonchev–Trinajstić information content (AvgIpc) is 2.97. The Morgan fingerprint density at radius 2 is 2.20 bits per heavy atom. The number of fused-ring (bicyclic) bond motifs is 1. The topological polar surface area (TPSA) is 83.3 Å². The Bertz CT molecular complexity index is 696. The maximum atomic E-state index is 4.30. The lowest BCUT2D eigenvalue weighted by Gasteiger charge is -2.22. The van der Waals surface area contributed by atoms with Crippen molar-refractivity contribution < 1.29 is 0 Å². The van der Waals surface area contributed by atoms with Crippen LogP contribution in [0.25, 0.3) is 11.0 Å². The third-order valence-electron chi connectivity index (χ3n) is 3.71. The first-order valence-electron chi connectivity index (χ1n) is 8.06. The third kappa shape index (κ3) is 5.83. The summed E-state index contributed by atoms with van der Waals surface area (Å²) in [6.45, 7) is 6.15. The van der Waals surface area contributed by atoms with Gasteiger partial charge in [-0.15, -0.1) is 30.6 Å². The van der Waals surface area contributed by atoms with Crippen molar-refractivity contribution in [1.29, 1.82) is 0 Å². The maximum Gasteiger partial charge on any atom is 0.193 e. The summed E-state index contributed by atoms with van der Waals surface area (Å²) in [5.74, 6) is 1.68. The first kappa shape index (κ1) is 21.1. The van der Waals surface area contributed by atoms with Crippen molar-refractivity contribution in [1.82, 2.24) is 30.0 Å². The predicted molar refractivity (Wildman–Crippen MR) is 114 cm³/mol. The van der Waals surface area contributed by atoms with Crippen LogP contribution in [-0.4, -0.2) is 64.3 Å². The molecule has 0 spiro atoms. The van der Waals surface area contributed by atoms with Gasteiger partial charge < -0.3 is 15.5 Å². The number of nitrogens with one attached hydrogen (secondary N) is 2. The number of unbranched alkanes of at least 4 members (excludes halogenated alkanes) is 1. The van der Waals surface area contributed by atoms with E-state index in [4.69, 9.17) is 0 Å². The van der Waals surface area contributed by atoms with Crippen LogP contribution >= 0.6 is 24.0 Å². The van der Waals surface area contributed by atoms with Gasteiger partial charge >= 0.3 is 0 Å². The monoisotopic (exact) mass is 458 g/mol. The number of hydrogen-bond acceptors (Lipinski definition) is 5. The van der Waals surface area contributed by atoms with Crippen LogP contribution in [0.15, 0.2) is 30.2 Å². The van der Waals surface area contributed by atoms with Crippen LogP contribution in [0.4, 0.5) is 5.82 Å². The lowest BCUT2D eigenvalue weighted by atomic mass is 10.3. The number of aryl methyl sites for hydroxylation is 1. The molecule has 2 aromatic heterocycles. The molecule has 0 bridgehead atoms. The zero-order valence-corrected chi connectivity index (χ0v) is 17.4. The minimum Gasteiger partial charge on any atom is -0.368 e. The lowest BCUT2D eigenvalue weighted by molar-refractivity contribution is 0.471. The zero-order valence-electron chi connectivity index (χ0n) is 15.1. The molecule has 9 heteroatoms. The van der Waals surface area contributed by atoms with Crippen molar-refractivity contribution in [2.24, 2.45) is 12.0 Å². The fraction of sp³-hybridized carbons (Fsp3) is 0.500. The summed E-state index contributed by atoms with van der Waals surface area (Å²) in [6.07, 6.45) is 7.34. The summed E-state index contributed by atoms with van der Waals surface area (Å²) >= 11 is 0. The minimum atomic E-state index is 0.